The predicted octanol–water partition coefficient (Wildman–Crippen LogP) is 1.65. The van der Waals surface area contributed by atoms with Crippen LogP contribution in [0.1, 0.15) is 12.1 Å². The number of anilines is 1. The Kier molecular flexibility index (Phi) is 2.19. The minimum Gasteiger partial charge on any atom is -0.368 e. The third kappa shape index (κ3) is 1.98. The molecular formula is C5H4ClF2N3. The lowest BCUT2D eigenvalue weighted by atomic mass is 10.4. The number of nitrogens with zero attached hydrogens (tertiary/aromatic N) is 2. The van der Waals surface area contributed by atoms with Gasteiger partial charge in [-0.3, -0.25) is 0 Å². The SMILES string of the molecule is Nc1nc(Cl)cc(C(F)F)n1. The van der Waals surface area contributed by atoms with Gasteiger partial charge in [0.25, 0.3) is 6.43 Å². The zero-order valence-electron chi connectivity index (χ0n) is 5.26. The molecule has 1 aromatic rings. The highest BCUT2D eigenvalue weighted by Crippen LogP contribution is 2.19. The van der Waals surface area contributed by atoms with Crippen LogP contribution >= 0.6 is 11.6 Å². The number of aromatic nitrogens is 2. The fourth-order valence-electron chi connectivity index (χ4n) is 0.565. The van der Waals surface area contributed by atoms with E-state index < -0.39 is 12.1 Å². The van der Waals surface area contributed by atoms with Gasteiger partial charge in [-0.25, -0.2) is 18.7 Å². The van der Waals surface area contributed by atoms with Crippen LogP contribution in [0.15, 0.2) is 6.07 Å². The number of nitrogen functional groups attached to an aromatic ring is 1. The Labute approximate surface area is 66.2 Å². The molecule has 60 valence electrons. The number of rotatable bonds is 1. The molecule has 1 aromatic heterocycles. The molecule has 0 fully saturated rings. The molecule has 0 aliphatic rings. The Hall–Kier alpha value is -0.970. The Balaban J connectivity index is 3.08. The molecule has 0 unspecified atom stereocenters. The summed E-state index contributed by atoms with van der Waals surface area (Å²) in [7, 11) is 0. The van der Waals surface area contributed by atoms with Gasteiger partial charge < -0.3 is 5.73 Å². The van der Waals surface area contributed by atoms with E-state index in [-0.39, 0.29) is 11.1 Å². The van der Waals surface area contributed by atoms with Crippen LogP contribution in [0, 0.1) is 0 Å². The Morgan fingerprint density at radius 3 is 2.55 bits per heavy atom. The predicted molar refractivity (Wildman–Crippen MR) is 36.4 cm³/mol. The highest BCUT2D eigenvalue weighted by atomic mass is 35.5. The van der Waals surface area contributed by atoms with E-state index in [0.29, 0.717) is 0 Å². The summed E-state index contributed by atoms with van der Waals surface area (Å²) in [4.78, 5) is 6.68. The number of nitrogens with two attached hydrogens (primary N) is 1. The maximum absolute atomic E-state index is 11.9. The highest BCUT2D eigenvalue weighted by molar-refractivity contribution is 6.29. The molecule has 0 amide bonds. The van der Waals surface area contributed by atoms with Crippen molar-refractivity contribution in [2.45, 2.75) is 6.43 Å². The lowest BCUT2D eigenvalue weighted by molar-refractivity contribution is 0.146. The average molecular weight is 180 g/mol. The number of hydrogen-bond donors (Lipinski definition) is 1. The average Bonchev–Trinajstić information content (AvgIpc) is 1.85. The van der Waals surface area contributed by atoms with E-state index in [9.17, 15) is 8.78 Å². The second-order valence-corrected chi connectivity index (χ2v) is 2.16. The van der Waals surface area contributed by atoms with E-state index in [0.717, 1.165) is 6.07 Å². The third-order valence-electron chi connectivity index (χ3n) is 0.956. The van der Waals surface area contributed by atoms with E-state index in [1.807, 2.05) is 0 Å². The molecule has 0 aliphatic heterocycles. The summed E-state index contributed by atoms with van der Waals surface area (Å²) in [6.07, 6.45) is -2.67. The van der Waals surface area contributed by atoms with Gasteiger partial charge in [-0.2, -0.15) is 0 Å². The van der Waals surface area contributed by atoms with E-state index in [2.05, 4.69) is 9.97 Å². The van der Waals surface area contributed by atoms with Crippen LogP contribution in [-0.4, -0.2) is 9.97 Å². The maximum Gasteiger partial charge on any atom is 0.280 e. The molecule has 0 saturated carbocycles. The van der Waals surface area contributed by atoms with Gasteiger partial charge in [0.15, 0.2) is 0 Å². The van der Waals surface area contributed by atoms with E-state index in [1.54, 1.807) is 0 Å². The largest absolute Gasteiger partial charge is 0.368 e. The van der Waals surface area contributed by atoms with Crippen molar-refractivity contribution < 1.29 is 8.78 Å². The van der Waals surface area contributed by atoms with Crippen molar-refractivity contribution in [2.24, 2.45) is 0 Å². The molecule has 3 nitrogen and oxygen atoms in total. The first-order chi connectivity index (χ1) is 5.09. The molecule has 0 aliphatic carbocycles. The topological polar surface area (TPSA) is 51.8 Å². The molecule has 0 atom stereocenters. The molecule has 0 bridgehead atoms. The summed E-state index contributed by atoms with van der Waals surface area (Å²) in [6, 6.07) is 0.975. The van der Waals surface area contributed by atoms with Crippen LogP contribution in [0.25, 0.3) is 0 Å². The Bertz CT molecular complexity index is 246. The summed E-state index contributed by atoms with van der Waals surface area (Å²) < 4.78 is 23.8. The first-order valence-corrected chi connectivity index (χ1v) is 3.05. The van der Waals surface area contributed by atoms with Gasteiger partial charge in [-0.05, 0) is 0 Å². The molecule has 2 N–H and O–H groups in total. The summed E-state index contributed by atoms with van der Waals surface area (Å²) in [6.45, 7) is 0. The van der Waals surface area contributed by atoms with Crippen molar-refractivity contribution in [1.29, 1.82) is 0 Å². The monoisotopic (exact) mass is 179 g/mol. The molecule has 0 spiro atoms. The zero-order chi connectivity index (χ0) is 8.43. The van der Waals surface area contributed by atoms with Crippen LogP contribution < -0.4 is 5.73 Å². The summed E-state index contributed by atoms with van der Waals surface area (Å²) in [5.41, 5.74) is 4.60. The van der Waals surface area contributed by atoms with E-state index in [4.69, 9.17) is 17.3 Å². The number of alkyl halides is 2. The van der Waals surface area contributed by atoms with Crippen LogP contribution in [0.3, 0.4) is 0 Å². The molecule has 1 heterocycles. The second kappa shape index (κ2) is 2.96. The quantitative estimate of drug-likeness (QED) is 0.667. The number of hydrogen-bond acceptors (Lipinski definition) is 3. The van der Waals surface area contributed by atoms with Crippen molar-refractivity contribution in [3.8, 4) is 0 Å². The first-order valence-electron chi connectivity index (χ1n) is 2.67. The smallest absolute Gasteiger partial charge is 0.280 e. The van der Waals surface area contributed by atoms with Crippen LogP contribution in [0.2, 0.25) is 5.15 Å². The second-order valence-electron chi connectivity index (χ2n) is 1.77. The van der Waals surface area contributed by atoms with Gasteiger partial charge in [0, 0.05) is 6.07 Å². The van der Waals surface area contributed by atoms with Crippen molar-refractivity contribution in [1.82, 2.24) is 9.97 Å². The fourth-order valence-corrected chi connectivity index (χ4v) is 0.763. The standard InChI is InChI=1S/C5H4ClF2N3/c6-3-1-2(4(7)8)10-5(9)11-3/h1,4H,(H2,9,10,11). The van der Waals surface area contributed by atoms with Crippen molar-refractivity contribution >= 4 is 17.5 Å². The van der Waals surface area contributed by atoms with E-state index in [1.165, 1.54) is 0 Å². The molecule has 11 heavy (non-hydrogen) atoms. The summed E-state index contributed by atoms with van der Waals surface area (Å²) in [5, 5.41) is -0.0761. The zero-order valence-corrected chi connectivity index (χ0v) is 6.02. The highest BCUT2D eigenvalue weighted by Gasteiger charge is 2.10. The van der Waals surface area contributed by atoms with Crippen molar-refractivity contribution in [3.63, 3.8) is 0 Å². The maximum atomic E-state index is 11.9. The normalized spacial score (nSPS) is 10.5. The minimum absolute atomic E-state index is 0.0761. The van der Waals surface area contributed by atoms with Gasteiger partial charge in [-0.1, -0.05) is 11.6 Å². The third-order valence-corrected chi connectivity index (χ3v) is 1.15. The lowest BCUT2D eigenvalue weighted by Gasteiger charge is -1.98. The van der Waals surface area contributed by atoms with Crippen molar-refractivity contribution in [2.75, 3.05) is 5.73 Å². The van der Waals surface area contributed by atoms with Gasteiger partial charge in [0.05, 0.1) is 0 Å². The Morgan fingerprint density at radius 2 is 2.09 bits per heavy atom. The number of halogens is 3. The summed E-state index contributed by atoms with van der Waals surface area (Å²) in [5.74, 6) is -0.243. The molecule has 0 saturated heterocycles. The molecule has 0 radical (unpaired) electrons. The lowest BCUT2D eigenvalue weighted by Crippen LogP contribution is -1.99. The molecule has 0 aromatic carbocycles. The summed E-state index contributed by atoms with van der Waals surface area (Å²) >= 11 is 5.33. The fraction of sp³-hybridized carbons (Fsp3) is 0.200. The minimum atomic E-state index is -2.67. The first kappa shape index (κ1) is 8.13. The van der Waals surface area contributed by atoms with Crippen LogP contribution in [-0.2, 0) is 0 Å². The van der Waals surface area contributed by atoms with E-state index >= 15 is 0 Å². The van der Waals surface area contributed by atoms with Crippen molar-refractivity contribution in [3.05, 3.63) is 16.9 Å². The van der Waals surface area contributed by atoms with Gasteiger partial charge in [0.1, 0.15) is 10.8 Å². The van der Waals surface area contributed by atoms with Gasteiger partial charge in [0.2, 0.25) is 5.95 Å². The molecule has 1 rings (SSSR count). The molecular weight excluding hydrogens is 176 g/mol. The van der Waals surface area contributed by atoms with Gasteiger partial charge >= 0.3 is 0 Å². The molecule has 6 heteroatoms. The van der Waals surface area contributed by atoms with Gasteiger partial charge in [-0.15, -0.1) is 0 Å². The Morgan fingerprint density at radius 1 is 1.45 bits per heavy atom. The van der Waals surface area contributed by atoms with Crippen LogP contribution in [0.4, 0.5) is 14.7 Å². The van der Waals surface area contributed by atoms with Crippen LogP contribution in [0.5, 0.6) is 0 Å².